The second-order valence-electron chi connectivity index (χ2n) is 12.3. The number of hydrogen-bond acceptors (Lipinski definition) is 21. The smallest absolute Gasteiger partial charge is 0.324 e. The minimum absolute atomic E-state index is 0.0189. The number of carbonyl (C=O) groups excluding carboxylic acids is 8. The number of ether oxygens (including phenoxy) is 7. The van der Waals surface area contributed by atoms with E-state index in [2.05, 4.69) is 87.7 Å². The Hall–Kier alpha value is -2.44. The summed E-state index contributed by atoms with van der Waals surface area (Å²) < 4.78 is 38.6. The molecule has 1 aliphatic rings. The van der Waals surface area contributed by atoms with Crippen LogP contribution in [0.2, 0.25) is 0 Å². The number of nitrogens with zero attached hydrogens (tertiary/aromatic N) is 1. The average molecular weight is 923 g/mol. The molecular formula is C34H54N2O15S6. The van der Waals surface area contributed by atoms with Crippen LogP contribution in [-0.4, -0.2) is 153 Å². The third-order valence-electron chi connectivity index (χ3n) is 7.17. The van der Waals surface area contributed by atoms with Crippen LogP contribution in [0, 0.1) is 10.8 Å². The summed E-state index contributed by atoms with van der Waals surface area (Å²) in [5.74, 6) is -2.62. The molecule has 326 valence electrons. The molecule has 1 saturated heterocycles. The summed E-state index contributed by atoms with van der Waals surface area (Å²) in [6, 6.07) is -0.329. The van der Waals surface area contributed by atoms with Gasteiger partial charge in [-0.1, -0.05) is 6.08 Å². The van der Waals surface area contributed by atoms with Crippen molar-refractivity contribution in [3.63, 3.8) is 0 Å². The lowest BCUT2D eigenvalue weighted by atomic mass is 9.90. The van der Waals surface area contributed by atoms with Gasteiger partial charge in [-0.2, -0.15) is 75.8 Å². The first-order chi connectivity index (χ1) is 27.2. The number of amides is 3. The molecule has 0 aromatic heterocycles. The van der Waals surface area contributed by atoms with Crippen LogP contribution < -0.4 is 5.32 Å². The number of nitrogens with one attached hydrogen (secondary N) is 1. The molecular weight excluding hydrogens is 869 g/mol. The van der Waals surface area contributed by atoms with Gasteiger partial charge in [-0.25, -0.2) is 4.79 Å². The van der Waals surface area contributed by atoms with Gasteiger partial charge in [0.1, 0.15) is 46.2 Å². The van der Waals surface area contributed by atoms with Gasteiger partial charge in [0, 0.05) is 41.1 Å². The zero-order valence-electron chi connectivity index (χ0n) is 31.6. The van der Waals surface area contributed by atoms with Crippen molar-refractivity contribution < 1.29 is 71.5 Å². The summed E-state index contributed by atoms with van der Waals surface area (Å²) in [4.78, 5) is 96.4. The lowest BCUT2D eigenvalue weighted by Crippen LogP contribution is -2.47. The Morgan fingerprint density at radius 3 is 0.982 bits per heavy atom. The summed E-state index contributed by atoms with van der Waals surface area (Å²) in [5, 5.41) is 2.15. The SMILES string of the molecule is C=CCN1CC(=O)NC1=O.O=C(CCS)OCC(COCC(COC(=O)CCS)(COC(=O)CCS)COC(=O)CCS)(COC(=O)CCS)COC(=O)CCS. The van der Waals surface area contributed by atoms with E-state index in [4.69, 9.17) is 33.2 Å². The zero-order chi connectivity index (χ0) is 43.1. The predicted octanol–water partition coefficient (Wildman–Crippen LogP) is 1.88. The number of rotatable bonds is 30. The first-order valence-corrected chi connectivity index (χ1v) is 21.3. The van der Waals surface area contributed by atoms with Crippen LogP contribution in [0.1, 0.15) is 38.5 Å². The van der Waals surface area contributed by atoms with E-state index in [9.17, 15) is 38.4 Å². The predicted molar refractivity (Wildman–Crippen MR) is 228 cm³/mol. The first kappa shape index (κ1) is 54.6. The number of hydrogen-bond donors (Lipinski definition) is 7. The summed E-state index contributed by atoms with van der Waals surface area (Å²) in [6.07, 6.45) is 1.47. The topological polar surface area (TPSA) is 216 Å². The molecule has 23 heteroatoms. The molecule has 0 saturated carbocycles. The Morgan fingerprint density at radius 2 is 0.789 bits per heavy atom. The van der Waals surface area contributed by atoms with E-state index in [0.717, 1.165) is 0 Å². The fourth-order valence-corrected chi connectivity index (χ4v) is 5.25. The Morgan fingerprint density at radius 1 is 0.526 bits per heavy atom. The molecule has 1 N–H and O–H groups in total. The van der Waals surface area contributed by atoms with Gasteiger partial charge in [0.15, 0.2) is 0 Å². The van der Waals surface area contributed by atoms with Crippen LogP contribution in [0.5, 0.6) is 0 Å². The van der Waals surface area contributed by atoms with Crippen LogP contribution in [0.3, 0.4) is 0 Å². The summed E-state index contributed by atoms with van der Waals surface area (Å²) in [5.41, 5.74) is -2.82. The quantitative estimate of drug-likeness (QED) is 0.0180. The van der Waals surface area contributed by atoms with Gasteiger partial charge >= 0.3 is 41.8 Å². The summed E-state index contributed by atoms with van der Waals surface area (Å²) in [6.45, 7) is 1.02. The Bertz CT molecular complexity index is 1130. The van der Waals surface area contributed by atoms with E-state index in [1.807, 2.05) is 0 Å². The lowest BCUT2D eigenvalue weighted by Gasteiger charge is -2.35. The molecule has 1 heterocycles. The van der Waals surface area contributed by atoms with Crippen LogP contribution in [0.25, 0.3) is 0 Å². The van der Waals surface area contributed by atoms with Crippen molar-refractivity contribution in [1.29, 1.82) is 0 Å². The maximum absolute atomic E-state index is 12.3. The number of imide groups is 1. The molecule has 0 radical (unpaired) electrons. The monoisotopic (exact) mass is 922 g/mol. The van der Waals surface area contributed by atoms with Gasteiger partial charge in [-0.05, 0) is 0 Å². The van der Waals surface area contributed by atoms with E-state index in [0.29, 0.717) is 6.54 Å². The van der Waals surface area contributed by atoms with Crippen molar-refractivity contribution in [2.45, 2.75) is 38.5 Å². The molecule has 3 amide bonds. The van der Waals surface area contributed by atoms with Crippen LogP contribution in [0.4, 0.5) is 4.79 Å². The van der Waals surface area contributed by atoms with Crippen LogP contribution in [0.15, 0.2) is 12.7 Å². The molecule has 0 spiro atoms. The molecule has 0 aliphatic carbocycles. The fourth-order valence-electron chi connectivity index (χ4n) is 4.15. The Labute approximate surface area is 365 Å². The molecule has 0 atom stereocenters. The van der Waals surface area contributed by atoms with E-state index in [1.165, 1.54) is 4.90 Å². The van der Waals surface area contributed by atoms with Crippen molar-refractivity contribution in [1.82, 2.24) is 10.2 Å². The van der Waals surface area contributed by atoms with Crippen molar-refractivity contribution >= 4 is 124 Å². The van der Waals surface area contributed by atoms with E-state index in [1.54, 1.807) is 6.08 Å². The van der Waals surface area contributed by atoms with E-state index >= 15 is 0 Å². The molecule has 0 aromatic carbocycles. The van der Waals surface area contributed by atoms with E-state index < -0.39 is 46.6 Å². The van der Waals surface area contributed by atoms with Gasteiger partial charge in [-0.15, -0.1) is 6.58 Å². The fraction of sp³-hybridized carbons (Fsp3) is 0.706. The largest absolute Gasteiger partial charge is 0.465 e. The van der Waals surface area contributed by atoms with Crippen LogP contribution >= 0.6 is 75.8 Å². The highest BCUT2D eigenvalue weighted by atomic mass is 32.1. The number of esters is 6. The molecule has 0 bridgehead atoms. The highest BCUT2D eigenvalue weighted by Crippen LogP contribution is 2.27. The molecule has 0 aromatic rings. The van der Waals surface area contributed by atoms with Crippen LogP contribution in [-0.2, 0) is 66.7 Å². The molecule has 17 nitrogen and oxygen atoms in total. The lowest BCUT2D eigenvalue weighted by molar-refractivity contribution is -0.174. The minimum Gasteiger partial charge on any atom is -0.465 e. The second-order valence-corrected chi connectivity index (χ2v) is 15.0. The highest BCUT2D eigenvalue weighted by molar-refractivity contribution is 7.81. The maximum atomic E-state index is 12.3. The Kier molecular flexibility index (Phi) is 31.0. The number of thiol groups is 6. The van der Waals surface area contributed by atoms with Gasteiger partial charge in [0.05, 0.1) is 62.6 Å². The summed E-state index contributed by atoms with van der Waals surface area (Å²) >= 11 is 24.2. The molecule has 57 heavy (non-hydrogen) atoms. The van der Waals surface area contributed by atoms with Crippen molar-refractivity contribution in [3.8, 4) is 0 Å². The minimum atomic E-state index is -1.41. The van der Waals surface area contributed by atoms with Crippen molar-refractivity contribution in [2.75, 3.05) is 100 Å². The molecule has 0 unspecified atom stereocenters. The normalized spacial score (nSPS) is 12.4. The third kappa shape index (κ3) is 25.6. The first-order valence-electron chi connectivity index (χ1n) is 17.5. The van der Waals surface area contributed by atoms with Crippen molar-refractivity contribution in [3.05, 3.63) is 12.7 Å². The number of urea groups is 1. The Balaban J connectivity index is 0.00000270. The van der Waals surface area contributed by atoms with Gasteiger partial charge in [-0.3, -0.25) is 38.9 Å². The molecule has 1 rings (SSSR count). The van der Waals surface area contributed by atoms with Crippen molar-refractivity contribution in [2.24, 2.45) is 10.8 Å². The maximum Gasteiger partial charge on any atom is 0.324 e. The second kappa shape index (κ2) is 32.4. The van der Waals surface area contributed by atoms with Gasteiger partial charge in [0.2, 0.25) is 5.91 Å². The average Bonchev–Trinajstić information content (AvgIpc) is 3.49. The number of carbonyl (C=O) groups is 8. The van der Waals surface area contributed by atoms with E-state index in [-0.39, 0.29) is 144 Å². The summed E-state index contributed by atoms with van der Waals surface area (Å²) in [7, 11) is 0. The standard InChI is InChI=1S/C28H46O13S6.C6H8N2O2/c29-21(1-7-42)36-15-27(16-37-22(30)2-8-43,17-38-23(31)3-9-44)13-35-14-28(18-39-24(32)4-10-45,19-40-25(33)5-11-46)20-41-26(34)6-12-47;1-2-3-8-4-5(9)7-6(8)10/h42-47H,1-20H2;2H,1,3-4H2,(H,7,9,10). The van der Waals surface area contributed by atoms with Gasteiger partial charge < -0.3 is 38.1 Å². The van der Waals surface area contributed by atoms with Gasteiger partial charge in [0.25, 0.3) is 0 Å². The molecule has 1 fully saturated rings. The molecule has 1 aliphatic heterocycles. The highest BCUT2D eigenvalue weighted by Gasteiger charge is 2.41. The third-order valence-corrected chi connectivity index (χ3v) is 8.51. The zero-order valence-corrected chi connectivity index (χ0v) is 37.0.